The number of rotatable bonds is 2. The van der Waals surface area contributed by atoms with E-state index in [9.17, 15) is 9.59 Å². The first-order valence-electron chi connectivity index (χ1n) is 4.18. The van der Waals surface area contributed by atoms with Crippen molar-refractivity contribution in [3.8, 4) is 0 Å². The van der Waals surface area contributed by atoms with Gasteiger partial charge >= 0.3 is 5.97 Å². The highest BCUT2D eigenvalue weighted by Crippen LogP contribution is 2.52. The summed E-state index contributed by atoms with van der Waals surface area (Å²) in [6, 6.07) is 0. The van der Waals surface area contributed by atoms with E-state index < -0.39 is 5.97 Å². The Bertz CT molecular complexity index is 251. The van der Waals surface area contributed by atoms with Gasteiger partial charge in [-0.25, -0.2) is 0 Å². The zero-order valence-corrected chi connectivity index (χ0v) is 6.86. The second-order valence-electron chi connectivity index (χ2n) is 3.43. The number of nitrogens with zero attached hydrogens (tertiary/aromatic N) is 1. The highest BCUT2D eigenvalue weighted by molar-refractivity contribution is 5.93. The second-order valence-corrected chi connectivity index (χ2v) is 3.43. The van der Waals surface area contributed by atoms with Gasteiger partial charge < -0.3 is 10.0 Å². The molecule has 1 amide bonds. The SMILES string of the molecule is CCN1CC2C(C(=O)O)C2C1=O. The molecule has 1 saturated heterocycles. The zero-order chi connectivity index (χ0) is 8.88. The predicted molar refractivity (Wildman–Crippen MR) is 40.4 cm³/mol. The Kier molecular flexibility index (Phi) is 1.40. The molecular weight excluding hydrogens is 158 g/mol. The summed E-state index contributed by atoms with van der Waals surface area (Å²) in [6.45, 7) is 3.27. The molecule has 4 nitrogen and oxygen atoms in total. The smallest absolute Gasteiger partial charge is 0.307 e. The molecule has 0 aromatic rings. The summed E-state index contributed by atoms with van der Waals surface area (Å²) in [5, 5.41) is 8.67. The molecule has 1 aliphatic heterocycles. The highest BCUT2D eigenvalue weighted by atomic mass is 16.4. The molecule has 1 heterocycles. The average Bonchev–Trinajstić information content (AvgIpc) is 2.65. The summed E-state index contributed by atoms with van der Waals surface area (Å²) in [7, 11) is 0. The van der Waals surface area contributed by atoms with Crippen molar-refractivity contribution in [2.45, 2.75) is 6.92 Å². The average molecular weight is 169 g/mol. The molecule has 2 aliphatic rings. The van der Waals surface area contributed by atoms with E-state index in [1.165, 1.54) is 0 Å². The van der Waals surface area contributed by atoms with E-state index in [0.717, 1.165) is 0 Å². The number of likely N-dealkylation sites (tertiary alicyclic amines) is 1. The molecule has 1 saturated carbocycles. The van der Waals surface area contributed by atoms with Crippen LogP contribution >= 0.6 is 0 Å². The van der Waals surface area contributed by atoms with Gasteiger partial charge in [0.15, 0.2) is 0 Å². The van der Waals surface area contributed by atoms with Gasteiger partial charge in [-0.3, -0.25) is 9.59 Å². The zero-order valence-electron chi connectivity index (χ0n) is 6.86. The quantitative estimate of drug-likeness (QED) is 0.622. The van der Waals surface area contributed by atoms with Gasteiger partial charge in [0.2, 0.25) is 5.91 Å². The van der Waals surface area contributed by atoms with Crippen molar-refractivity contribution >= 4 is 11.9 Å². The maximum Gasteiger partial charge on any atom is 0.307 e. The predicted octanol–water partition coefficient (Wildman–Crippen LogP) is -0.205. The van der Waals surface area contributed by atoms with Crippen LogP contribution in [0, 0.1) is 17.8 Å². The fourth-order valence-electron chi connectivity index (χ4n) is 2.11. The van der Waals surface area contributed by atoms with Gasteiger partial charge in [0.1, 0.15) is 0 Å². The van der Waals surface area contributed by atoms with Gasteiger partial charge in [-0.2, -0.15) is 0 Å². The number of hydrogen-bond donors (Lipinski definition) is 1. The third-order valence-electron chi connectivity index (χ3n) is 2.86. The summed E-state index contributed by atoms with van der Waals surface area (Å²) in [6.07, 6.45) is 0. The van der Waals surface area contributed by atoms with Crippen LogP contribution in [0.5, 0.6) is 0 Å². The summed E-state index contributed by atoms with van der Waals surface area (Å²) in [5.74, 6) is -1.23. The number of fused-ring (bicyclic) bond motifs is 1. The minimum Gasteiger partial charge on any atom is -0.481 e. The van der Waals surface area contributed by atoms with E-state index >= 15 is 0 Å². The first kappa shape index (κ1) is 7.58. The van der Waals surface area contributed by atoms with E-state index in [-0.39, 0.29) is 23.7 Å². The van der Waals surface area contributed by atoms with Crippen molar-refractivity contribution in [3.63, 3.8) is 0 Å². The number of carbonyl (C=O) groups excluding carboxylic acids is 1. The lowest BCUT2D eigenvalue weighted by Crippen LogP contribution is -2.31. The molecule has 4 heteroatoms. The normalized spacial score (nSPS) is 38.2. The number of carboxylic acid groups (broad SMARTS) is 1. The summed E-state index contributed by atoms with van der Waals surface area (Å²) in [4.78, 5) is 23.6. The Labute approximate surface area is 70.2 Å². The van der Waals surface area contributed by atoms with Crippen LogP contribution in [0.15, 0.2) is 0 Å². The monoisotopic (exact) mass is 169 g/mol. The van der Waals surface area contributed by atoms with Crippen molar-refractivity contribution in [2.75, 3.05) is 13.1 Å². The van der Waals surface area contributed by atoms with Crippen molar-refractivity contribution in [2.24, 2.45) is 17.8 Å². The topological polar surface area (TPSA) is 57.6 Å². The molecule has 3 atom stereocenters. The molecule has 0 bridgehead atoms. The van der Waals surface area contributed by atoms with Crippen LogP contribution in [0.4, 0.5) is 0 Å². The van der Waals surface area contributed by atoms with Crippen molar-refractivity contribution in [3.05, 3.63) is 0 Å². The summed E-state index contributed by atoms with van der Waals surface area (Å²) >= 11 is 0. The van der Waals surface area contributed by atoms with Crippen LogP contribution in [0.1, 0.15) is 6.92 Å². The Morgan fingerprint density at radius 2 is 2.42 bits per heavy atom. The highest BCUT2D eigenvalue weighted by Gasteiger charge is 2.64. The van der Waals surface area contributed by atoms with Crippen LogP contribution in [-0.4, -0.2) is 35.0 Å². The Balaban J connectivity index is 2.06. The third-order valence-corrected chi connectivity index (χ3v) is 2.86. The number of amides is 1. The number of carbonyl (C=O) groups is 2. The first-order chi connectivity index (χ1) is 5.66. The minimum atomic E-state index is -0.811. The maximum atomic E-state index is 11.4. The Morgan fingerprint density at radius 1 is 1.75 bits per heavy atom. The summed E-state index contributed by atoms with van der Waals surface area (Å²) in [5.41, 5.74) is 0. The van der Waals surface area contributed by atoms with Gasteiger partial charge in [-0.1, -0.05) is 0 Å². The molecule has 1 aliphatic carbocycles. The van der Waals surface area contributed by atoms with Gasteiger partial charge in [-0.05, 0) is 6.92 Å². The van der Waals surface area contributed by atoms with E-state index in [2.05, 4.69) is 0 Å². The van der Waals surface area contributed by atoms with Gasteiger partial charge in [0.05, 0.1) is 11.8 Å². The van der Waals surface area contributed by atoms with Gasteiger partial charge in [0.25, 0.3) is 0 Å². The Morgan fingerprint density at radius 3 is 2.75 bits per heavy atom. The second kappa shape index (κ2) is 2.21. The van der Waals surface area contributed by atoms with E-state index in [0.29, 0.717) is 13.1 Å². The molecule has 2 fully saturated rings. The lowest BCUT2D eigenvalue weighted by atomic mass is 10.2. The molecule has 12 heavy (non-hydrogen) atoms. The fourth-order valence-corrected chi connectivity index (χ4v) is 2.11. The Hall–Kier alpha value is -1.06. The van der Waals surface area contributed by atoms with Gasteiger partial charge in [-0.15, -0.1) is 0 Å². The van der Waals surface area contributed by atoms with Crippen molar-refractivity contribution in [1.82, 2.24) is 4.90 Å². The largest absolute Gasteiger partial charge is 0.481 e. The summed E-state index contributed by atoms with van der Waals surface area (Å²) < 4.78 is 0. The van der Waals surface area contributed by atoms with Gasteiger partial charge in [0, 0.05) is 19.0 Å². The van der Waals surface area contributed by atoms with E-state index in [1.54, 1.807) is 4.90 Å². The number of aliphatic carboxylic acids is 1. The molecule has 2 rings (SSSR count). The van der Waals surface area contributed by atoms with E-state index in [1.807, 2.05) is 6.92 Å². The van der Waals surface area contributed by atoms with Crippen LogP contribution in [0.25, 0.3) is 0 Å². The molecule has 66 valence electrons. The number of carboxylic acids is 1. The molecule has 1 N–H and O–H groups in total. The molecule has 0 radical (unpaired) electrons. The minimum absolute atomic E-state index is 0.0369. The van der Waals surface area contributed by atoms with E-state index in [4.69, 9.17) is 5.11 Å². The van der Waals surface area contributed by atoms with Crippen LogP contribution < -0.4 is 0 Å². The van der Waals surface area contributed by atoms with Crippen molar-refractivity contribution in [1.29, 1.82) is 0 Å². The molecule has 0 aromatic carbocycles. The fraction of sp³-hybridized carbons (Fsp3) is 0.750. The first-order valence-corrected chi connectivity index (χ1v) is 4.18. The molecule has 0 aromatic heterocycles. The number of hydrogen-bond acceptors (Lipinski definition) is 2. The van der Waals surface area contributed by atoms with Crippen molar-refractivity contribution < 1.29 is 14.7 Å². The lowest BCUT2D eigenvalue weighted by molar-refractivity contribution is -0.142. The lowest BCUT2D eigenvalue weighted by Gasteiger charge is -2.15. The molecular formula is C8H11NO3. The van der Waals surface area contributed by atoms with Crippen LogP contribution in [-0.2, 0) is 9.59 Å². The molecule has 3 unspecified atom stereocenters. The third kappa shape index (κ3) is 0.777. The maximum absolute atomic E-state index is 11.4. The number of piperidine rings is 1. The molecule has 0 spiro atoms. The van der Waals surface area contributed by atoms with Crippen LogP contribution in [0.3, 0.4) is 0 Å². The standard InChI is InChI=1S/C8H11NO3/c1-2-9-3-4-5(7(9)10)6(4)8(11)12/h4-6H,2-3H2,1H3,(H,11,12). The van der Waals surface area contributed by atoms with Crippen LogP contribution in [0.2, 0.25) is 0 Å².